The first-order valence-corrected chi connectivity index (χ1v) is 16.3. The Morgan fingerprint density at radius 2 is 1.80 bits per heavy atom. The molecule has 41 heavy (non-hydrogen) atoms. The fraction of sp³-hybridized carbons (Fsp3) is 0.367. The number of amides is 1. The molecule has 0 aliphatic carbocycles. The molecule has 220 valence electrons. The fourth-order valence-corrected chi connectivity index (χ4v) is 5.23. The van der Waals surface area contributed by atoms with Crippen LogP contribution < -0.4 is 26.8 Å². The van der Waals surface area contributed by atoms with Crippen molar-refractivity contribution in [2.75, 3.05) is 30.5 Å². The van der Waals surface area contributed by atoms with Gasteiger partial charge in [-0.15, -0.1) is 10.2 Å². The molecule has 9 nitrogen and oxygen atoms in total. The maximum Gasteiger partial charge on any atom is 0.229 e. The Morgan fingerprint density at radius 3 is 2.61 bits per heavy atom. The molecule has 3 aromatic rings. The molecule has 1 atom stereocenters. The van der Waals surface area contributed by atoms with Gasteiger partial charge in [-0.2, -0.15) is 0 Å². The molecular weight excluding hydrogens is 557 g/mol. The summed E-state index contributed by atoms with van der Waals surface area (Å²) >= 11 is 1.59. The van der Waals surface area contributed by atoms with Gasteiger partial charge in [0.05, 0.1) is 13.0 Å². The smallest absolute Gasteiger partial charge is 0.229 e. The van der Waals surface area contributed by atoms with Gasteiger partial charge in [-0.25, -0.2) is 0 Å². The Labute approximate surface area is 248 Å². The van der Waals surface area contributed by atoms with Crippen molar-refractivity contribution in [2.45, 2.75) is 44.9 Å². The SMILES string of the molecule is CS(=O)CCCOc1cccc(CC(=O)N/C(N)=C/C=C(\N)CCCCc2nnc(NCCc3ccccc3)s2)c1. The first-order valence-electron chi connectivity index (χ1n) is 13.7. The highest BCUT2D eigenvalue weighted by atomic mass is 32.2. The minimum Gasteiger partial charge on any atom is -0.494 e. The number of nitrogens with two attached hydrogens (primary N) is 2. The number of benzene rings is 2. The lowest BCUT2D eigenvalue weighted by Crippen LogP contribution is -2.28. The largest absolute Gasteiger partial charge is 0.494 e. The summed E-state index contributed by atoms with van der Waals surface area (Å²) in [6.07, 6.45) is 10.3. The average Bonchev–Trinajstić information content (AvgIpc) is 3.40. The molecule has 1 unspecified atom stereocenters. The van der Waals surface area contributed by atoms with Crippen molar-refractivity contribution in [3.05, 3.63) is 94.4 Å². The second-order valence-electron chi connectivity index (χ2n) is 9.59. The molecule has 0 fully saturated rings. The molecule has 1 aromatic heterocycles. The number of rotatable bonds is 18. The standard InChI is InChI=1S/C30H40N6O3S2/c1-41(38)20-8-19-39-26-13-7-11-24(21-26)22-28(37)34-27(32)16-15-25(31)12-5-6-14-29-35-36-30(40-29)33-18-17-23-9-3-2-4-10-23/h2-4,7,9-11,13,15-16,21H,5-6,8,12,14,17-20,22,31-32H2,1H3,(H,33,36)(H,34,37)/b25-15-,27-16+. The zero-order chi connectivity index (χ0) is 29.3. The van der Waals surface area contributed by atoms with Crippen molar-refractivity contribution in [3.63, 3.8) is 0 Å². The second-order valence-corrected chi connectivity index (χ2v) is 12.2. The van der Waals surface area contributed by atoms with E-state index in [0.717, 1.165) is 54.4 Å². The van der Waals surface area contributed by atoms with E-state index < -0.39 is 10.8 Å². The third-order valence-corrected chi connectivity index (χ3v) is 7.78. The summed E-state index contributed by atoms with van der Waals surface area (Å²) in [6, 6.07) is 17.7. The number of aromatic nitrogens is 2. The average molecular weight is 597 g/mol. The molecule has 0 radical (unpaired) electrons. The molecule has 2 aromatic carbocycles. The van der Waals surface area contributed by atoms with Gasteiger partial charge in [-0.3, -0.25) is 9.00 Å². The molecule has 0 aliphatic heterocycles. The van der Waals surface area contributed by atoms with Gasteiger partial charge >= 0.3 is 0 Å². The Morgan fingerprint density at radius 1 is 1.00 bits per heavy atom. The molecule has 11 heteroatoms. The van der Waals surface area contributed by atoms with E-state index in [1.165, 1.54) is 5.56 Å². The normalized spacial score (nSPS) is 12.6. The van der Waals surface area contributed by atoms with E-state index >= 15 is 0 Å². The molecular formula is C30H40N6O3S2. The first-order chi connectivity index (χ1) is 19.9. The van der Waals surface area contributed by atoms with E-state index in [9.17, 15) is 9.00 Å². The predicted octanol–water partition coefficient (Wildman–Crippen LogP) is 4.05. The maximum absolute atomic E-state index is 12.4. The van der Waals surface area contributed by atoms with E-state index in [1.54, 1.807) is 29.7 Å². The lowest BCUT2D eigenvalue weighted by atomic mass is 10.1. The Balaban J connectivity index is 1.31. The summed E-state index contributed by atoms with van der Waals surface area (Å²) in [7, 11) is -0.829. The number of anilines is 1. The van der Waals surface area contributed by atoms with Crippen LogP contribution in [0.2, 0.25) is 0 Å². The van der Waals surface area contributed by atoms with Gasteiger partial charge in [-0.05, 0) is 67.5 Å². The zero-order valence-electron chi connectivity index (χ0n) is 23.5. The summed E-state index contributed by atoms with van der Waals surface area (Å²) in [5.41, 5.74) is 14.9. The van der Waals surface area contributed by atoms with Gasteiger partial charge in [0.15, 0.2) is 0 Å². The van der Waals surface area contributed by atoms with Gasteiger partial charge in [-0.1, -0.05) is 53.8 Å². The van der Waals surface area contributed by atoms with E-state index in [-0.39, 0.29) is 18.1 Å². The Hall–Kier alpha value is -3.70. The lowest BCUT2D eigenvalue weighted by Gasteiger charge is -2.08. The van der Waals surface area contributed by atoms with Crippen LogP contribution in [0.25, 0.3) is 0 Å². The van der Waals surface area contributed by atoms with Crippen LogP contribution in [0.15, 0.2) is 78.3 Å². The fourth-order valence-electron chi connectivity index (χ4n) is 3.90. The summed E-state index contributed by atoms with van der Waals surface area (Å²) in [6.45, 7) is 1.30. The van der Waals surface area contributed by atoms with E-state index in [2.05, 4.69) is 33.0 Å². The zero-order valence-corrected chi connectivity index (χ0v) is 25.1. The third kappa shape index (κ3) is 13.5. The van der Waals surface area contributed by atoms with Crippen LogP contribution in [-0.2, 0) is 34.9 Å². The van der Waals surface area contributed by atoms with Crippen LogP contribution in [0.3, 0.4) is 0 Å². The third-order valence-electron chi connectivity index (χ3n) is 5.97. The monoisotopic (exact) mass is 596 g/mol. The molecule has 6 N–H and O–H groups in total. The quantitative estimate of drug-likeness (QED) is 0.127. The first kappa shape index (κ1) is 31.8. The topological polar surface area (TPSA) is 145 Å². The van der Waals surface area contributed by atoms with Crippen LogP contribution in [0.5, 0.6) is 5.75 Å². The van der Waals surface area contributed by atoms with Gasteiger partial charge in [0, 0.05) is 41.5 Å². The summed E-state index contributed by atoms with van der Waals surface area (Å²) < 4.78 is 16.8. The molecule has 1 heterocycles. The van der Waals surface area contributed by atoms with E-state index in [4.69, 9.17) is 16.2 Å². The molecule has 0 saturated heterocycles. The molecule has 0 saturated carbocycles. The molecule has 0 bridgehead atoms. The summed E-state index contributed by atoms with van der Waals surface area (Å²) in [4.78, 5) is 12.4. The highest BCUT2D eigenvalue weighted by Gasteiger charge is 2.07. The van der Waals surface area contributed by atoms with Crippen molar-refractivity contribution >= 4 is 33.2 Å². The van der Waals surface area contributed by atoms with Crippen molar-refractivity contribution < 1.29 is 13.7 Å². The lowest BCUT2D eigenvalue weighted by molar-refractivity contribution is -0.119. The van der Waals surface area contributed by atoms with Gasteiger partial charge < -0.3 is 26.8 Å². The number of ether oxygens (including phenoxy) is 1. The number of allylic oxidation sites excluding steroid dienone is 3. The van der Waals surface area contributed by atoms with E-state index in [1.807, 2.05) is 42.5 Å². The molecule has 3 rings (SSSR count). The van der Waals surface area contributed by atoms with Crippen molar-refractivity contribution in [1.29, 1.82) is 0 Å². The number of nitrogens with zero attached hydrogens (tertiary/aromatic N) is 2. The van der Waals surface area contributed by atoms with Crippen LogP contribution in [-0.4, -0.2) is 45.5 Å². The van der Waals surface area contributed by atoms with Gasteiger partial charge in [0.2, 0.25) is 11.0 Å². The van der Waals surface area contributed by atoms with E-state index in [0.29, 0.717) is 30.2 Å². The summed E-state index contributed by atoms with van der Waals surface area (Å²) in [5.74, 6) is 1.29. The van der Waals surface area contributed by atoms with Crippen molar-refractivity contribution in [3.8, 4) is 5.75 Å². The van der Waals surface area contributed by atoms with Crippen LogP contribution >= 0.6 is 11.3 Å². The van der Waals surface area contributed by atoms with Gasteiger partial charge in [0.1, 0.15) is 16.6 Å². The van der Waals surface area contributed by atoms with Crippen LogP contribution in [0.4, 0.5) is 5.13 Å². The number of carbonyl (C=O) groups excluding carboxylic acids is 1. The number of nitrogens with one attached hydrogen (secondary N) is 2. The highest BCUT2D eigenvalue weighted by molar-refractivity contribution is 7.84. The number of carbonyl (C=O) groups is 1. The number of hydrogen-bond donors (Lipinski definition) is 4. The summed E-state index contributed by atoms with van der Waals surface area (Å²) in [5, 5.41) is 16.4. The van der Waals surface area contributed by atoms with Crippen molar-refractivity contribution in [1.82, 2.24) is 15.5 Å². The number of aryl methyl sites for hydroxylation is 1. The minimum absolute atomic E-state index is 0.166. The minimum atomic E-state index is -0.829. The molecule has 1 amide bonds. The van der Waals surface area contributed by atoms with Crippen LogP contribution in [0.1, 0.15) is 41.8 Å². The second kappa shape index (κ2) is 17.9. The highest BCUT2D eigenvalue weighted by Crippen LogP contribution is 2.18. The van der Waals surface area contributed by atoms with Crippen LogP contribution in [0, 0.1) is 0 Å². The number of unbranched alkanes of at least 4 members (excludes halogenated alkanes) is 1. The van der Waals surface area contributed by atoms with Crippen molar-refractivity contribution in [2.24, 2.45) is 11.5 Å². The Bertz CT molecular complexity index is 1310. The molecule has 0 spiro atoms. The Kier molecular flexibility index (Phi) is 13.9. The molecule has 0 aliphatic rings. The predicted molar refractivity (Wildman–Crippen MR) is 168 cm³/mol. The van der Waals surface area contributed by atoms with Gasteiger partial charge in [0.25, 0.3) is 0 Å². The maximum atomic E-state index is 12.4. The number of hydrogen-bond acceptors (Lipinski definition) is 9.